The molecule has 0 unspecified atom stereocenters. The fourth-order valence-electron chi connectivity index (χ4n) is 3.88. The highest BCUT2D eigenvalue weighted by Gasteiger charge is 2.49. The summed E-state index contributed by atoms with van der Waals surface area (Å²) in [4.78, 5) is 14.1. The lowest BCUT2D eigenvalue weighted by Crippen LogP contribution is -2.58. The van der Waals surface area contributed by atoms with Gasteiger partial charge in [0.1, 0.15) is 11.4 Å². The highest BCUT2D eigenvalue weighted by molar-refractivity contribution is 6.31. The molecule has 10 heteroatoms. The molecule has 3 aromatic rings. The Balaban J connectivity index is 2.05. The van der Waals surface area contributed by atoms with Crippen molar-refractivity contribution < 1.29 is 26.7 Å². The average molecular weight is 489 g/mol. The Morgan fingerprint density at radius 2 is 1.62 bits per heavy atom. The smallest absolute Gasteiger partial charge is 0.325 e. The first kappa shape index (κ1) is 22.6. The summed E-state index contributed by atoms with van der Waals surface area (Å²) in [6.07, 6.45) is -4.84. The van der Waals surface area contributed by atoms with Gasteiger partial charge < -0.3 is 9.47 Å². The lowest BCUT2D eigenvalue weighted by molar-refractivity contribution is -0.142. The van der Waals surface area contributed by atoms with Crippen LogP contribution in [-0.4, -0.2) is 34.4 Å². The summed E-state index contributed by atoms with van der Waals surface area (Å²) in [5.74, 6) is -4.01. The van der Waals surface area contributed by atoms with Gasteiger partial charge in [0.05, 0.1) is 13.1 Å². The molecule has 3 nitrogen and oxygen atoms in total. The first-order valence-corrected chi connectivity index (χ1v) is 10.2. The lowest BCUT2D eigenvalue weighted by atomic mass is 9.99. The first-order chi connectivity index (χ1) is 14.9. The molecule has 1 aromatic heterocycles. The number of carbonyl (C=O) groups is 1. The molecule has 2 heterocycles. The number of nitrogens with zero attached hydrogens (tertiary/aromatic N) is 2. The van der Waals surface area contributed by atoms with E-state index in [2.05, 4.69) is 0 Å². The number of halogens is 7. The molecule has 1 fully saturated rings. The van der Waals surface area contributed by atoms with Crippen LogP contribution in [0.1, 0.15) is 21.7 Å². The molecule has 0 radical (unpaired) electrons. The molecule has 168 valence electrons. The molecule has 1 aliphatic rings. The Hall–Kier alpha value is -2.58. The number of carbonyl (C=O) groups excluding carboxylic acids is 1. The Morgan fingerprint density at radius 1 is 1.00 bits per heavy atom. The second kappa shape index (κ2) is 7.78. The largest absolute Gasteiger partial charge is 0.432 e. The molecule has 32 heavy (non-hydrogen) atoms. The van der Waals surface area contributed by atoms with Crippen LogP contribution in [0.5, 0.6) is 0 Å². The maximum Gasteiger partial charge on any atom is 0.432 e. The number of benzene rings is 2. The van der Waals surface area contributed by atoms with Crippen LogP contribution in [0, 0.1) is 6.92 Å². The normalized spacial score (nSPS) is 15.6. The van der Waals surface area contributed by atoms with Crippen LogP contribution in [-0.2, 0) is 6.18 Å². The van der Waals surface area contributed by atoms with E-state index in [4.69, 9.17) is 23.2 Å². The fraction of sp³-hybridized carbons (Fsp3) is 0.227. The van der Waals surface area contributed by atoms with Crippen molar-refractivity contribution in [3.8, 4) is 16.8 Å². The Bertz CT molecular complexity index is 1190. The van der Waals surface area contributed by atoms with Gasteiger partial charge >= 0.3 is 6.18 Å². The van der Waals surface area contributed by atoms with Crippen molar-refractivity contribution in [1.82, 2.24) is 9.47 Å². The first-order valence-electron chi connectivity index (χ1n) is 9.40. The molecular weight excluding hydrogens is 474 g/mol. The third kappa shape index (κ3) is 3.97. The van der Waals surface area contributed by atoms with Crippen LogP contribution in [0.4, 0.5) is 22.0 Å². The van der Waals surface area contributed by atoms with Crippen LogP contribution in [0.2, 0.25) is 10.0 Å². The summed E-state index contributed by atoms with van der Waals surface area (Å²) in [5.41, 5.74) is -1.38. The van der Waals surface area contributed by atoms with Crippen LogP contribution in [0.3, 0.4) is 0 Å². The van der Waals surface area contributed by atoms with Crippen LogP contribution in [0.25, 0.3) is 16.8 Å². The quantitative estimate of drug-likeness (QED) is 0.369. The number of hydrogen-bond donors (Lipinski definition) is 0. The predicted molar refractivity (Wildman–Crippen MR) is 112 cm³/mol. The number of amides is 1. The summed E-state index contributed by atoms with van der Waals surface area (Å²) < 4.78 is 70.4. The highest BCUT2D eigenvalue weighted by Crippen LogP contribution is 2.44. The second-order valence-electron chi connectivity index (χ2n) is 7.53. The lowest BCUT2D eigenvalue weighted by Gasteiger charge is -2.39. The zero-order valence-electron chi connectivity index (χ0n) is 16.5. The molecule has 0 aliphatic carbocycles. The van der Waals surface area contributed by atoms with E-state index < -0.39 is 36.8 Å². The van der Waals surface area contributed by atoms with Gasteiger partial charge in [0.25, 0.3) is 11.8 Å². The molecule has 2 aromatic carbocycles. The predicted octanol–water partition coefficient (Wildman–Crippen LogP) is 6.87. The Kier molecular flexibility index (Phi) is 5.49. The molecule has 4 rings (SSSR count). The summed E-state index contributed by atoms with van der Waals surface area (Å²) in [7, 11) is 0. The summed E-state index contributed by atoms with van der Waals surface area (Å²) >= 11 is 11.9. The molecule has 0 atom stereocenters. The summed E-state index contributed by atoms with van der Waals surface area (Å²) in [6, 6.07) is 11.5. The fourth-order valence-corrected chi connectivity index (χ4v) is 4.19. The van der Waals surface area contributed by atoms with Gasteiger partial charge in [-0.15, -0.1) is 0 Å². The molecule has 1 saturated heterocycles. The number of alkyl halides is 5. The van der Waals surface area contributed by atoms with Crippen molar-refractivity contribution in [2.75, 3.05) is 13.1 Å². The SMILES string of the molecule is Cc1c(-c2ccc(Cl)cc2)c(C(=O)N2CC(F)(F)C2)n(-c2cccc(Cl)c2)c1C(F)(F)F. The number of rotatable bonds is 3. The van der Waals surface area contributed by atoms with E-state index in [0.717, 1.165) is 9.47 Å². The Labute approximate surface area is 190 Å². The van der Waals surface area contributed by atoms with Gasteiger partial charge in [0, 0.05) is 21.3 Å². The third-order valence-electron chi connectivity index (χ3n) is 5.22. The van der Waals surface area contributed by atoms with Gasteiger partial charge in [-0.3, -0.25) is 4.79 Å². The van der Waals surface area contributed by atoms with E-state index >= 15 is 0 Å². The van der Waals surface area contributed by atoms with Crippen LogP contribution < -0.4 is 0 Å². The zero-order valence-corrected chi connectivity index (χ0v) is 18.0. The Morgan fingerprint density at radius 3 is 2.16 bits per heavy atom. The van der Waals surface area contributed by atoms with E-state index in [0.29, 0.717) is 10.6 Å². The topological polar surface area (TPSA) is 25.2 Å². The maximum atomic E-state index is 14.2. The van der Waals surface area contributed by atoms with Gasteiger partial charge in [-0.2, -0.15) is 13.2 Å². The molecule has 0 N–H and O–H groups in total. The third-order valence-corrected chi connectivity index (χ3v) is 5.70. The minimum Gasteiger partial charge on any atom is -0.325 e. The minimum atomic E-state index is -4.84. The van der Waals surface area contributed by atoms with Gasteiger partial charge in [0.15, 0.2) is 0 Å². The van der Waals surface area contributed by atoms with E-state index in [1.54, 1.807) is 0 Å². The number of aromatic nitrogens is 1. The molecule has 1 amide bonds. The number of hydrogen-bond acceptors (Lipinski definition) is 1. The molecule has 0 saturated carbocycles. The van der Waals surface area contributed by atoms with Crippen LogP contribution in [0.15, 0.2) is 48.5 Å². The van der Waals surface area contributed by atoms with Crippen molar-refractivity contribution in [3.63, 3.8) is 0 Å². The van der Waals surface area contributed by atoms with Gasteiger partial charge in [-0.25, -0.2) is 8.78 Å². The van der Waals surface area contributed by atoms with Gasteiger partial charge in [-0.05, 0) is 48.4 Å². The van der Waals surface area contributed by atoms with Crippen molar-refractivity contribution in [2.24, 2.45) is 0 Å². The second-order valence-corrected chi connectivity index (χ2v) is 8.41. The molecule has 0 spiro atoms. The molecule has 0 bridgehead atoms. The van der Waals surface area contributed by atoms with E-state index in [1.165, 1.54) is 55.5 Å². The molecule has 1 aliphatic heterocycles. The standard InChI is InChI=1S/C22H15Cl2F5N2O/c1-12-17(13-5-7-14(23)8-6-13)18(20(32)30-10-21(25,26)11-30)31(19(12)22(27,28)29)16-4-2-3-15(24)9-16/h2-9H,10-11H2,1H3. The van der Waals surface area contributed by atoms with Gasteiger partial charge in [-0.1, -0.05) is 41.4 Å². The molecular formula is C22H15Cl2F5N2O. The van der Waals surface area contributed by atoms with Crippen LogP contribution >= 0.6 is 23.2 Å². The highest BCUT2D eigenvalue weighted by atomic mass is 35.5. The average Bonchev–Trinajstić information content (AvgIpc) is 2.99. The van der Waals surface area contributed by atoms with E-state index in [9.17, 15) is 26.7 Å². The van der Waals surface area contributed by atoms with Crippen molar-refractivity contribution >= 4 is 29.1 Å². The summed E-state index contributed by atoms with van der Waals surface area (Å²) in [6.45, 7) is -0.491. The number of likely N-dealkylation sites (tertiary alicyclic amines) is 1. The minimum absolute atomic E-state index is 0.00539. The van der Waals surface area contributed by atoms with Gasteiger partial charge in [0.2, 0.25) is 0 Å². The zero-order chi connectivity index (χ0) is 23.4. The van der Waals surface area contributed by atoms with Crippen molar-refractivity contribution in [2.45, 2.75) is 19.0 Å². The van der Waals surface area contributed by atoms with Crippen molar-refractivity contribution in [1.29, 1.82) is 0 Å². The summed E-state index contributed by atoms with van der Waals surface area (Å²) in [5, 5.41) is 0.510. The monoisotopic (exact) mass is 488 g/mol. The van der Waals surface area contributed by atoms with E-state index in [-0.39, 0.29) is 27.5 Å². The van der Waals surface area contributed by atoms with Crippen molar-refractivity contribution in [3.05, 3.63) is 75.5 Å². The maximum absolute atomic E-state index is 14.2. The van der Waals surface area contributed by atoms with E-state index in [1.807, 2.05) is 0 Å².